The number of hydrogen-bond donors (Lipinski definition) is 1. The van der Waals surface area contributed by atoms with Crippen molar-refractivity contribution in [2.75, 3.05) is 19.8 Å². The van der Waals surface area contributed by atoms with Gasteiger partial charge < -0.3 is 19.3 Å². The minimum Gasteiger partial charge on any atom is -0.494 e. The van der Waals surface area contributed by atoms with Crippen LogP contribution in [-0.2, 0) is 6.42 Å². The summed E-state index contributed by atoms with van der Waals surface area (Å²) >= 11 is 0. The Labute approximate surface area is 143 Å². The lowest BCUT2D eigenvalue weighted by molar-refractivity contribution is 0.150. The van der Waals surface area contributed by atoms with Gasteiger partial charge in [-0.05, 0) is 54.7 Å². The van der Waals surface area contributed by atoms with Crippen LogP contribution >= 0.6 is 0 Å². The first kappa shape index (κ1) is 16.7. The highest BCUT2D eigenvalue weighted by molar-refractivity contribution is 5.44. The van der Waals surface area contributed by atoms with E-state index in [1.54, 1.807) is 0 Å². The van der Waals surface area contributed by atoms with Gasteiger partial charge in [-0.15, -0.1) is 0 Å². The van der Waals surface area contributed by atoms with E-state index in [1.165, 1.54) is 5.56 Å². The van der Waals surface area contributed by atoms with Gasteiger partial charge in [-0.1, -0.05) is 25.1 Å². The molecule has 2 aromatic rings. The van der Waals surface area contributed by atoms with Crippen molar-refractivity contribution in [2.45, 2.75) is 32.3 Å². The zero-order chi connectivity index (χ0) is 16.8. The molecule has 128 valence electrons. The number of benzene rings is 2. The molecule has 1 atom stereocenters. The molecule has 1 unspecified atom stereocenters. The quantitative estimate of drug-likeness (QED) is 0.783. The summed E-state index contributed by atoms with van der Waals surface area (Å²) in [6, 6.07) is 13.8. The molecular formula is C20H24O4. The molecule has 0 bridgehead atoms. The molecule has 0 fully saturated rings. The van der Waals surface area contributed by atoms with E-state index in [1.807, 2.05) is 30.3 Å². The molecule has 24 heavy (non-hydrogen) atoms. The SMILES string of the molecule is CCc1ccc(OCCCC(O)c2ccc3c(c2)OCCO3)cc1. The van der Waals surface area contributed by atoms with Crippen LogP contribution in [0, 0.1) is 0 Å². The van der Waals surface area contributed by atoms with Crippen molar-refractivity contribution < 1.29 is 19.3 Å². The molecule has 1 heterocycles. The van der Waals surface area contributed by atoms with Crippen LogP contribution in [0.1, 0.15) is 37.0 Å². The van der Waals surface area contributed by atoms with Gasteiger partial charge in [0.2, 0.25) is 0 Å². The van der Waals surface area contributed by atoms with Crippen LogP contribution in [0.25, 0.3) is 0 Å². The summed E-state index contributed by atoms with van der Waals surface area (Å²) in [6.45, 7) is 3.85. The summed E-state index contributed by atoms with van der Waals surface area (Å²) in [7, 11) is 0. The summed E-state index contributed by atoms with van der Waals surface area (Å²) in [5, 5.41) is 10.3. The Hall–Kier alpha value is -2.20. The molecule has 1 aliphatic rings. The maximum atomic E-state index is 10.3. The largest absolute Gasteiger partial charge is 0.494 e. The van der Waals surface area contributed by atoms with Crippen molar-refractivity contribution in [3.63, 3.8) is 0 Å². The first-order chi connectivity index (χ1) is 11.8. The van der Waals surface area contributed by atoms with Crippen LogP contribution < -0.4 is 14.2 Å². The van der Waals surface area contributed by atoms with Gasteiger partial charge in [0.25, 0.3) is 0 Å². The van der Waals surface area contributed by atoms with Crippen molar-refractivity contribution in [2.24, 2.45) is 0 Å². The summed E-state index contributed by atoms with van der Waals surface area (Å²) in [6.07, 6.45) is 1.94. The number of aliphatic hydroxyl groups is 1. The molecule has 0 amide bonds. The highest BCUT2D eigenvalue weighted by atomic mass is 16.6. The predicted octanol–water partition coefficient (Wildman–Crippen LogP) is 3.91. The van der Waals surface area contributed by atoms with Gasteiger partial charge in [0, 0.05) is 0 Å². The van der Waals surface area contributed by atoms with Gasteiger partial charge >= 0.3 is 0 Å². The van der Waals surface area contributed by atoms with Crippen molar-refractivity contribution in [3.05, 3.63) is 53.6 Å². The number of fused-ring (bicyclic) bond motifs is 1. The van der Waals surface area contributed by atoms with Gasteiger partial charge in [-0.25, -0.2) is 0 Å². The molecule has 4 heteroatoms. The molecular weight excluding hydrogens is 304 g/mol. The molecule has 0 radical (unpaired) electrons. The average Bonchev–Trinajstić information content (AvgIpc) is 2.65. The maximum absolute atomic E-state index is 10.3. The Morgan fingerprint density at radius 2 is 1.79 bits per heavy atom. The molecule has 3 rings (SSSR count). The highest BCUT2D eigenvalue weighted by Gasteiger charge is 2.15. The monoisotopic (exact) mass is 328 g/mol. The topological polar surface area (TPSA) is 47.9 Å². The number of aliphatic hydroxyl groups excluding tert-OH is 1. The fourth-order valence-electron chi connectivity index (χ4n) is 2.72. The van der Waals surface area contributed by atoms with E-state index in [0.29, 0.717) is 32.0 Å². The van der Waals surface area contributed by atoms with Crippen molar-refractivity contribution >= 4 is 0 Å². The molecule has 1 N–H and O–H groups in total. The van der Waals surface area contributed by atoms with E-state index < -0.39 is 6.10 Å². The summed E-state index contributed by atoms with van der Waals surface area (Å²) in [5.41, 5.74) is 2.16. The second-order valence-electron chi connectivity index (χ2n) is 5.91. The summed E-state index contributed by atoms with van der Waals surface area (Å²) < 4.78 is 16.8. The van der Waals surface area contributed by atoms with E-state index in [4.69, 9.17) is 14.2 Å². The second kappa shape index (κ2) is 8.06. The minimum atomic E-state index is -0.521. The van der Waals surface area contributed by atoms with Crippen molar-refractivity contribution in [1.29, 1.82) is 0 Å². The van der Waals surface area contributed by atoms with Crippen LogP contribution in [0.3, 0.4) is 0 Å². The van der Waals surface area contributed by atoms with Crippen LogP contribution in [0.5, 0.6) is 17.2 Å². The van der Waals surface area contributed by atoms with Crippen LogP contribution in [0.4, 0.5) is 0 Å². The molecule has 4 nitrogen and oxygen atoms in total. The van der Waals surface area contributed by atoms with Gasteiger partial charge in [0.05, 0.1) is 12.7 Å². The minimum absolute atomic E-state index is 0.521. The molecule has 1 aliphatic heterocycles. The molecule has 0 saturated heterocycles. The van der Waals surface area contributed by atoms with Crippen LogP contribution in [0.2, 0.25) is 0 Å². The second-order valence-corrected chi connectivity index (χ2v) is 5.91. The zero-order valence-electron chi connectivity index (χ0n) is 14.0. The number of ether oxygens (including phenoxy) is 3. The van der Waals surface area contributed by atoms with E-state index >= 15 is 0 Å². The lowest BCUT2D eigenvalue weighted by atomic mass is 10.0. The van der Waals surface area contributed by atoms with Gasteiger partial charge in [-0.3, -0.25) is 0 Å². The van der Waals surface area contributed by atoms with E-state index in [2.05, 4.69) is 19.1 Å². The third kappa shape index (κ3) is 4.20. The number of aryl methyl sites for hydroxylation is 1. The van der Waals surface area contributed by atoms with Crippen molar-refractivity contribution in [1.82, 2.24) is 0 Å². The summed E-state index contributed by atoms with van der Waals surface area (Å²) in [4.78, 5) is 0. The Morgan fingerprint density at radius 1 is 1.04 bits per heavy atom. The standard InChI is InChI=1S/C20H24O4/c1-2-15-5-8-17(9-6-15)22-11-3-4-18(21)16-7-10-19-20(14-16)24-13-12-23-19/h5-10,14,18,21H,2-4,11-13H2,1H3. The highest BCUT2D eigenvalue weighted by Crippen LogP contribution is 2.33. The third-order valence-electron chi connectivity index (χ3n) is 4.17. The first-order valence-corrected chi connectivity index (χ1v) is 8.55. The lowest BCUT2D eigenvalue weighted by Crippen LogP contribution is -2.15. The van der Waals surface area contributed by atoms with Crippen molar-refractivity contribution in [3.8, 4) is 17.2 Å². The molecule has 0 saturated carbocycles. The van der Waals surface area contributed by atoms with Gasteiger partial charge in [-0.2, -0.15) is 0 Å². The molecule has 2 aromatic carbocycles. The first-order valence-electron chi connectivity index (χ1n) is 8.55. The Kier molecular flexibility index (Phi) is 5.59. The predicted molar refractivity (Wildman–Crippen MR) is 92.9 cm³/mol. The number of rotatable bonds is 7. The van der Waals surface area contributed by atoms with Crippen LogP contribution in [-0.4, -0.2) is 24.9 Å². The van der Waals surface area contributed by atoms with Gasteiger partial charge in [0.1, 0.15) is 19.0 Å². The Balaban J connectivity index is 1.46. The normalized spacial score (nSPS) is 14.2. The van der Waals surface area contributed by atoms with Gasteiger partial charge in [0.15, 0.2) is 11.5 Å². The molecule has 0 aliphatic carbocycles. The summed E-state index contributed by atoms with van der Waals surface area (Å²) in [5.74, 6) is 2.34. The van der Waals surface area contributed by atoms with E-state index in [9.17, 15) is 5.11 Å². The zero-order valence-corrected chi connectivity index (χ0v) is 14.0. The smallest absolute Gasteiger partial charge is 0.161 e. The maximum Gasteiger partial charge on any atom is 0.161 e. The Morgan fingerprint density at radius 3 is 2.54 bits per heavy atom. The van der Waals surface area contributed by atoms with Crippen LogP contribution in [0.15, 0.2) is 42.5 Å². The number of hydrogen-bond acceptors (Lipinski definition) is 4. The Bertz CT molecular complexity index is 651. The third-order valence-corrected chi connectivity index (χ3v) is 4.17. The molecule has 0 spiro atoms. The van der Waals surface area contributed by atoms with E-state index in [-0.39, 0.29) is 0 Å². The molecule has 0 aromatic heterocycles. The van der Waals surface area contributed by atoms with E-state index in [0.717, 1.165) is 29.9 Å². The fraction of sp³-hybridized carbons (Fsp3) is 0.400. The fourth-order valence-corrected chi connectivity index (χ4v) is 2.72. The lowest BCUT2D eigenvalue weighted by Gasteiger charge is -2.20. The average molecular weight is 328 g/mol.